The molecular formula is C28H26AsOS+. The molecule has 0 aliphatic carbocycles. The van der Waals surface area contributed by atoms with Gasteiger partial charge in [-0.1, -0.05) is 0 Å². The molecular weight excluding hydrogens is 459 g/mol. The Morgan fingerprint density at radius 3 is 1.19 bits per heavy atom. The van der Waals surface area contributed by atoms with Gasteiger partial charge >= 0.3 is 191 Å². The number of rotatable bonds is 6. The van der Waals surface area contributed by atoms with Crippen LogP contribution in [-0.4, -0.2) is 35.0 Å². The van der Waals surface area contributed by atoms with E-state index in [0.717, 1.165) is 9.20 Å². The summed E-state index contributed by atoms with van der Waals surface area (Å²) in [6.07, 6.45) is 4.39. The Hall–Kier alpha value is -2.67. The molecule has 3 heteroatoms. The molecule has 1 nitrogen and oxygen atoms in total. The topological polar surface area (TPSA) is 17.1 Å². The van der Waals surface area contributed by atoms with E-state index in [2.05, 4.69) is 104 Å². The van der Waals surface area contributed by atoms with Gasteiger partial charge in [0.05, 0.1) is 0 Å². The van der Waals surface area contributed by atoms with Crippen molar-refractivity contribution in [2.24, 2.45) is 0 Å². The summed E-state index contributed by atoms with van der Waals surface area (Å²) in [6, 6.07) is 41.9. The zero-order valence-electron chi connectivity index (χ0n) is 17.8. The summed E-state index contributed by atoms with van der Waals surface area (Å²) in [5.74, 6) is 0.179. The molecule has 4 aromatic carbocycles. The molecule has 4 aromatic rings. The second-order valence-electron chi connectivity index (χ2n) is 7.49. The van der Waals surface area contributed by atoms with Crippen molar-refractivity contribution in [2.45, 2.75) is 0 Å². The molecule has 0 aromatic heterocycles. The van der Waals surface area contributed by atoms with Crippen LogP contribution in [0.25, 0.3) is 0 Å². The summed E-state index contributed by atoms with van der Waals surface area (Å²) < 4.78 is 4.91. The average molecular weight is 486 g/mol. The zero-order chi connectivity index (χ0) is 21.7. The Morgan fingerprint density at radius 1 is 0.548 bits per heavy atom. The van der Waals surface area contributed by atoms with Crippen LogP contribution < -0.4 is 13.1 Å². The summed E-state index contributed by atoms with van der Waals surface area (Å²) in [7, 11) is -0.211. The second kappa shape index (κ2) is 9.64. The predicted octanol–water partition coefficient (Wildman–Crippen LogP) is 3.63. The fourth-order valence-electron chi connectivity index (χ4n) is 4.08. The van der Waals surface area contributed by atoms with Gasteiger partial charge < -0.3 is 0 Å². The normalized spacial score (nSPS) is 11.3. The molecule has 0 amide bonds. The first-order chi connectivity index (χ1) is 15.2. The third-order valence-corrected chi connectivity index (χ3v) is 18.5. The Balaban J connectivity index is 2.24. The van der Waals surface area contributed by atoms with Crippen LogP contribution in [-0.2, 0) is 10.9 Å². The number of carbonyl (C=O) groups is 1. The molecule has 0 atom stereocenters. The van der Waals surface area contributed by atoms with Crippen LogP contribution in [0.15, 0.2) is 121 Å². The van der Waals surface area contributed by atoms with Crippen LogP contribution >= 0.6 is 0 Å². The number of ketones is 1. The van der Waals surface area contributed by atoms with Gasteiger partial charge in [0, 0.05) is 0 Å². The fourth-order valence-corrected chi connectivity index (χ4v) is 18.4. The molecule has 0 aliphatic heterocycles. The number of Topliss-reactive ketones (excluding diaryl/α,β-unsaturated/α-hetero) is 1. The number of benzene rings is 4. The Bertz CT molecular complexity index is 1100. The molecule has 154 valence electrons. The van der Waals surface area contributed by atoms with Crippen LogP contribution in [0.4, 0.5) is 0 Å². The maximum atomic E-state index is 14.2. The van der Waals surface area contributed by atoms with Gasteiger partial charge in [-0.05, 0) is 0 Å². The van der Waals surface area contributed by atoms with E-state index in [-0.39, 0.29) is 16.7 Å². The average Bonchev–Trinajstić information content (AvgIpc) is 2.84. The van der Waals surface area contributed by atoms with Crippen molar-refractivity contribution in [3.63, 3.8) is 0 Å². The molecule has 0 saturated heterocycles. The van der Waals surface area contributed by atoms with Crippen molar-refractivity contribution in [2.75, 3.05) is 12.5 Å². The molecule has 0 N–H and O–H groups in total. The van der Waals surface area contributed by atoms with Crippen molar-refractivity contribution in [3.05, 3.63) is 127 Å². The van der Waals surface area contributed by atoms with Crippen molar-refractivity contribution in [1.29, 1.82) is 0 Å². The summed E-state index contributed by atoms with van der Waals surface area (Å²) >= 11 is -3.28. The quantitative estimate of drug-likeness (QED) is 0.232. The number of carbonyl (C=O) groups excluding carboxylic acids is 1. The van der Waals surface area contributed by atoms with Gasteiger partial charge in [-0.15, -0.1) is 0 Å². The number of hydrogen-bond donors (Lipinski definition) is 0. The van der Waals surface area contributed by atoms with Gasteiger partial charge in [-0.25, -0.2) is 0 Å². The fraction of sp³-hybridized carbons (Fsp3) is 0.0714. The first-order valence-electron chi connectivity index (χ1n) is 10.3. The SMILES string of the molecule is C[S+](C)C(C(=O)c1ccccc1)=[As](c1ccccc1)(c1ccccc1)c1ccccc1. The van der Waals surface area contributed by atoms with Crippen molar-refractivity contribution in [1.82, 2.24) is 0 Å². The third-order valence-electron chi connectivity index (χ3n) is 5.35. The molecule has 31 heavy (non-hydrogen) atoms. The molecule has 0 aliphatic rings. The van der Waals surface area contributed by atoms with E-state index in [1.807, 2.05) is 30.3 Å². The molecule has 0 unspecified atom stereocenters. The molecule has 4 rings (SSSR count). The summed E-state index contributed by atoms with van der Waals surface area (Å²) in [6.45, 7) is 0. The standard InChI is InChI=1S/C28H26AsOS/c1-31(2)28(27(30)23-15-7-3-8-16-23)29(24-17-9-4-10-18-24,25-19-11-5-12-20-25)26-21-13-6-14-22-26/h3-22H,1-2H3/q+1. The van der Waals surface area contributed by atoms with E-state index in [1.54, 1.807) is 0 Å². The molecule has 0 bridgehead atoms. The first-order valence-corrected chi connectivity index (χ1v) is 16.1. The predicted molar refractivity (Wildman–Crippen MR) is 139 cm³/mol. The van der Waals surface area contributed by atoms with Crippen molar-refractivity contribution >= 4 is 46.5 Å². The van der Waals surface area contributed by atoms with Crippen molar-refractivity contribution < 1.29 is 4.79 Å². The zero-order valence-corrected chi connectivity index (χ0v) is 20.5. The van der Waals surface area contributed by atoms with E-state index >= 15 is 0 Å². The molecule has 0 spiro atoms. The Kier molecular flexibility index (Phi) is 6.70. The third kappa shape index (κ3) is 4.11. The van der Waals surface area contributed by atoms with Crippen LogP contribution in [0.1, 0.15) is 10.4 Å². The molecule has 0 fully saturated rings. The summed E-state index contributed by atoms with van der Waals surface area (Å²) in [5.41, 5.74) is 0.771. The van der Waals surface area contributed by atoms with Gasteiger partial charge in [-0.3, -0.25) is 0 Å². The molecule has 0 saturated carbocycles. The van der Waals surface area contributed by atoms with Gasteiger partial charge in [0.1, 0.15) is 0 Å². The summed E-state index contributed by atoms with van der Waals surface area (Å²) in [4.78, 5) is 14.2. The van der Waals surface area contributed by atoms with Gasteiger partial charge in [-0.2, -0.15) is 0 Å². The minimum atomic E-state index is -3.28. The maximum absolute atomic E-state index is 14.2. The van der Waals surface area contributed by atoms with E-state index < -0.39 is 13.1 Å². The van der Waals surface area contributed by atoms with Crippen LogP contribution in [0.2, 0.25) is 0 Å². The first kappa shape index (κ1) is 21.6. The van der Waals surface area contributed by atoms with Crippen molar-refractivity contribution in [3.8, 4) is 0 Å². The molecule has 0 radical (unpaired) electrons. The Morgan fingerprint density at radius 2 is 0.871 bits per heavy atom. The minimum absolute atomic E-state index is 0.179. The van der Waals surface area contributed by atoms with Crippen LogP contribution in [0, 0.1) is 0 Å². The summed E-state index contributed by atoms with van der Waals surface area (Å²) in [5, 5.41) is 0. The van der Waals surface area contributed by atoms with E-state index in [1.165, 1.54) is 13.1 Å². The second-order valence-corrected chi connectivity index (χ2v) is 17.2. The number of hydrogen-bond acceptors (Lipinski definition) is 1. The van der Waals surface area contributed by atoms with Gasteiger partial charge in [0.2, 0.25) is 0 Å². The molecule has 0 heterocycles. The Labute approximate surface area is 190 Å². The van der Waals surface area contributed by atoms with Gasteiger partial charge in [0.25, 0.3) is 0 Å². The van der Waals surface area contributed by atoms with E-state index in [9.17, 15) is 4.79 Å². The van der Waals surface area contributed by atoms with E-state index in [0.29, 0.717) is 0 Å². The van der Waals surface area contributed by atoms with E-state index in [4.69, 9.17) is 0 Å². The van der Waals surface area contributed by atoms with Crippen LogP contribution in [0.5, 0.6) is 0 Å². The monoisotopic (exact) mass is 485 g/mol. The van der Waals surface area contributed by atoms with Gasteiger partial charge in [0.15, 0.2) is 0 Å². The van der Waals surface area contributed by atoms with Crippen LogP contribution in [0.3, 0.4) is 0 Å².